The molecule has 126 valence electrons. The van der Waals surface area contributed by atoms with Crippen LogP contribution in [0, 0.1) is 0 Å². The van der Waals surface area contributed by atoms with Gasteiger partial charge >= 0.3 is 5.97 Å². The third-order valence-electron chi connectivity index (χ3n) is 3.92. The summed E-state index contributed by atoms with van der Waals surface area (Å²) in [7, 11) is 0. The third kappa shape index (κ3) is 3.74. The number of likely N-dealkylation sites (tertiary alicyclic amines) is 1. The van der Waals surface area contributed by atoms with Crippen molar-refractivity contribution in [3.05, 3.63) is 56.2 Å². The topological polar surface area (TPSA) is 46.6 Å². The van der Waals surface area contributed by atoms with E-state index >= 15 is 0 Å². The normalized spacial score (nSPS) is 17.1. The zero-order valence-corrected chi connectivity index (χ0v) is 15.0. The van der Waals surface area contributed by atoms with Gasteiger partial charge in [0.25, 0.3) is 5.91 Å². The van der Waals surface area contributed by atoms with E-state index in [9.17, 15) is 9.59 Å². The minimum atomic E-state index is -0.650. The molecular formula is C17H15Cl2NO3S. The molecule has 7 heteroatoms. The van der Waals surface area contributed by atoms with Gasteiger partial charge < -0.3 is 9.64 Å². The molecule has 1 aliphatic heterocycles. The molecule has 1 aromatic heterocycles. The molecule has 3 rings (SSSR count). The number of thiophene rings is 1. The van der Waals surface area contributed by atoms with Gasteiger partial charge in [-0.1, -0.05) is 29.3 Å². The second-order valence-electron chi connectivity index (χ2n) is 5.46. The van der Waals surface area contributed by atoms with Gasteiger partial charge in [0, 0.05) is 16.4 Å². The number of carbonyl (C=O) groups is 2. The first kappa shape index (κ1) is 17.3. The van der Waals surface area contributed by atoms with Crippen molar-refractivity contribution < 1.29 is 14.3 Å². The number of halogens is 2. The van der Waals surface area contributed by atoms with E-state index in [0.717, 1.165) is 17.7 Å². The van der Waals surface area contributed by atoms with E-state index in [1.807, 2.05) is 17.5 Å². The molecule has 0 radical (unpaired) electrons. The van der Waals surface area contributed by atoms with E-state index in [0.29, 0.717) is 11.6 Å². The Morgan fingerprint density at radius 1 is 1.29 bits per heavy atom. The molecule has 1 fully saturated rings. The largest absolute Gasteiger partial charge is 0.452 e. The molecule has 0 saturated carbocycles. The molecule has 0 N–H and O–H groups in total. The molecule has 0 aliphatic carbocycles. The molecule has 1 aliphatic rings. The first-order chi connectivity index (χ1) is 11.6. The summed E-state index contributed by atoms with van der Waals surface area (Å²) in [5, 5.41) is 2.63. The summed E-state index contributed by atoms with van der Waals surface area (Å²) in [6.45, 7) is 0.375. The van der Waals surface area contributed by atoms with E-state index in [4.69, 9.17) is 27.9 Å². The molecule has 1 unspecified atom stereocenters. The highest BCUT2D eigenvalue weighted by atomic mass is 35.5. The van der Waals surface area contributed by atoms with Crippen molar-refractivity contribution in [1.29, 1.82) is 0 Å². The summed E-state index contributed by atoms with van der Waals surface area (Å²) in [5.74, 6) is -0.847. The molecule has 24 heavy (non-hydrogen) atoms. The van der Waals surface area contributed by atoms with Gasteiger partial charge in [0.15, 0.2) is 6.61 Å². The van der Waals surface area contributed by atoms with Crippen LogP contribution in [0.25, 0.3) is 0 Å². The molecule has 2 aromatic rings. The van der Waals surface area contributed by atoms with Crippen LogP contribution in [0.3, 0.4) is 0 Å². The van der Waals surface area contributed by atoms with Crippen LogP contribution < -0.4 is 0 Å². The van der Waals surface area contributed by atoms with Gasteiger partial charge in [-0.3, -0.25) is 4.79 Å². The van der Waals surface area contributed by atoms with Gasteiger partial charge in [0.05, 0.1) is 16.6 Å². The summed E-state index contributed by atoms with van der Waals surface area (Å²) in [4.78, 5) is 27.5. The lowest BCUT2D eigenvalue weighted by Crippen LogP contribution is -2.34. The second kappa shape index (κ2) is 7.55. The number of amides is 1. The fourth-order valence-electron chi connectivity index (χ4n) is 2.78. The van der Waals surface area contributed by atoms with Crippen molar-refractivity contribution in [2.75, 3.05) is 13.2 Å². The summed E-state index contributed by atoms with van der Waals surface area (Å²) in [5.41, 5.74) is 0.160. The van der Waals surface area contributed by atoms with Crippen LogP contribution in [0.4, 0.5) is 0 Å². The first-order valence-corrected chi connectivity index (χ1v) is 9.15. The number of ether oxygens (including phenoxy) is 1. The van der Waals surface area contributed by atoms with Gasteiger partial charge in [0.1, 0.15) is 0 Å². The number of carbonyl (C=O) groups excluding carboxylic acids is 2. The molecule has 1 aromatic carbocycles. The van der Waals surface area contributed by atoms with E-state index in [2.05, 4.69) is 0 Å². The molecule has 1 atom stereocenters. The fraction of sp³-hybridized carbons (Fsp3) is 0.294. The maximum absolute atomic E-state index is 12.4. The lowest BCUT2D eigenvalue weighted by atomic mass is 10.2. The van der Waals surface area contributed by atoms with Crippen LogP contribution in [0.1, 0.15) is 34.1 Å². The molecular weight excluding hydrogens is 369 g/mol. The predicted octanol–water partition coefficient (Wildman–Crippen LogP) is 4.58. The Hall–Kier alpha value is -1.56. The summed E-state index contributed by atoms with van der Waals surface area (Å²) in [6.07, 6.45) is 1.88. The van der Waals surface area contributed by atoms with E-state index in [1.54, 1.807) is 22.3 Å². The quantitative estimate of drug-likeness (QED) is 0.726. The van der Waals surface area contributed by atoms with Crippen molar-refractivity contribution in [1.82, 2.24) is 4.90 Å². The standard InChI is InChI=1S/C17H15Cl2NO3S/c18-11-5-6-13(19)12(9-11)17(22)23-10-16(21)20-7-1-3-14(20)15-4-2-8-24-15/h2,4-6,8-9,14H,1,3,7,10H2. The third-order valence-corrected chi connectivity index (χ3v) is 5.46. The van der Waals surface area contributed by atoms with Crippen LogP contribution in [0.5, 0.6) is 0 Å². The predicted molar refractivity (Wildman–Crippen MR) is 94.8 cm³/mol. The molecule has 1 amide bonds. The Labute approximate surface area is 153 Å². The van der Waals surface area contributed by atoms with E-state index in [-0.39, 0.29) is 29.1 Å². The highest BCUT2D eigenvalue weighted by Gasteiger charge is 2.31. The SMILES string of the molecule is O=C(OCC(=O)N1CCCC1c1cccs1)c1cc(Cl)ccc1Cl. The van der Waals surface area contributed by atoms with Crippen molar-refractivity contribution in [3.8, 4) is 0 Å². The highest BCUT2D eigenvalue weighted by Crippen LogP contribution is 2.34. The maximum atomic E-state index is 12.4. The molecule has 1 saturated heterocycles. The lowest BCUT2D eigenvalue weighted by Gasteiger charge is -2.23. The van der Waals surface area contributed by atoms with Crippen LogP contribution in [-0.4, -0.2) is 29.9 Å². The van der Waals surface area contributed by atoms with E-state index in [1.165, 1.54) is 12.1 Å². The van der Waals surface area contributed by atoms with Crippen molar-refractivity contribution in [3.63, 3.8) is 0 Å². The van der Waals surface area contributed by atoms with Gasteiger partial charge in [0.2, 0.25) is 0 Å². The minimum absolute atomic E-state index is 0.0750. The Morgan fingerprint density at radius 2 is 2.12 bits per heavy atom. The van der Waals surface area contributed by atoms with Crippen LogP contribution >= 0.6 is 34.5 Å². The molecule has 0 spiro atoms. The van der Waals surface area contributed by atoms with Crippen molar-refractivity contribution in [2.45, 2.75) is 18.9 Å². The van der Waals surface area contributed by atoms with Gasteiger partial charge in [-0.2, -0.15) is 0 Å². The summed E-state index contributed by atoms with van der Waals surface area (Å²) >= 11 is 13.5. The monoisotopic (exact) mass is 383 g/mol. The second-order valence-corrected chi connectivity index (χ2v) is 7.28. The zero-order chi connectivity index (χ0) is 17.1. The fourth-order valence-corrected chi connectivity index (χ4v) is 4.02. The number of hydrogen-bond acceptors (Lipinski definition) is 4. The number of benzene rings is 1. The highest BCUT2D eigenvalue weighted by molar-refractivity contribution is 7.10. The maximum Gasteiger partial charge on any atom is 0.340 e. The summed E-state index contributed by atoms with van der Waals surface area (Å²) < 4.78 is 5.13. The van der Waals surface area contributed by atoms with Gasteiger partial charge in [-0.05, 0) is 42.5 Å². The Kier molecular flexibility index (Phi) is 5.43. The Morgan fingerprint density at radius 3 is 2.88 bits per heavy atom. The average molecular weight is 384 g/mol. The molecule has 2 heterocycles. The van der Waals surface area contributed by atoms with Crippen molar-refractivity contribution >= 4 is 46.4 Å². The van der Waals surface area contributed by atoms with Crippen LogP contribution in [0.15, 0.2) is 35.7 Å². The first-order valence-electron chi connectivity index (χ1n) is 7.51. The molecule has 4 nitrogen and oxygen atoms in total. The number of rotatable bonds is 4. The van der Waals surface area contributed by atoms with Crippen LogP contribution in [0.2, 0.25) is 10.0 Å². The van der Waals surface area contributed by atoms with Gasteiger partial charge in [-0.25, -0.2) is 4.79 Å². The lowest BCUT2D eigenvalue weighted by molar-refractivity contribution is -0.135. The van der Waals surface area contributed by atoms with Crippen molar-refractivity contribution in [2.24, 2.45) is 0 Å². The smallest absolute Gasteiger partial charge is 0.340 e. The van der Waals surface area contributed by atoms with Gasteiger partial charge in [-0.15, -0.1) is 11.3 Å². The molecule has 0 bridgehead atoms. The summed E-state index contributed by atoms with van der Waals surface area (Å²) in [6, 6.07) is 8.62. The Bertz CT molecular complexity index is 748. The number of hydrogen-bond donors (Lipinski definition) is 0. The zero-order valence-electron chi connectivity index (χ0n) is 12.7. The van der Waals surface area contributed by atoms with E-state index < -0.39 is 5.97 Å². The number of esters is 1. The Balaban J connectivity index is 1.63. The average Bonchev–Trinajstić information content (AvgIpc) is 3.24. The van der Waals surface area contributed by atoms with Crippen LogP contribution in [-0.2, 0) is 9.53 Å². The minimum Gasteiger partial charge on any atom is -0.452 e. The number of nitrogens with zero attached hydrogens (tertiary/aromatic N) is 1.